The Balaban J connectivity index is 2.88. The predicted octanol–water partition coefficient (Wildman–Crippen LogP) is 1.74. The van der Waals surface area contributed by atoms with Gasteiger partial charge in [0.2, 0.25) is 0 Å². The average molecular weight is 248 g/mol. The Bertz CT molecular complexity index is 444. The average Bonchev–Trinajstić information content (AvgIpc) is 2.38. The number of amides is 1. The largest absolute Gasteiger partial charge is 0.497 e. The van der Waals surface area contributed by atoms with Gasteiger partial charge in [-0.3, -0.25) is 4.79 Å². The van der Waals surface area contributed by atoms with Gasteiger partial charge in [-0.05, 0) is 19.1 Å². The van der Waals surface area contributed by atoms with Gasteiger partial charge >= 0.3 is 0 Å². The van der Waals surface area contributed by atoms with Gasteiger partial charge in [0.05, 0.1) is 26.7 Å². The van der Waals surface area contributed by atoms with Crippen molar-refractivity contribution in [3.8, 4) is 17.6 Å². The zero-order valence-corrected chi connectivity index (χ0v) is 10.7. The number of methoxy groups -OCH3 is 2. The van der Waals surface area contributed by atoms with Crippen molar-refractivity contribution in [3.63, 3.8) is 0 Å². The normalized spacial score (nSPS) is 11.2. The summed E-state index contributed by atoms with van der Waals surface area (Å²) in [5.74, 6) is 0.842. The molecule has 0 spiro atoms. The number of nitrogens with one attached hydrogen (secondary N) is 1. The van der Waals surface area contributed by atoms with Crippen molar-refractivity contribution < 1.29 is 14.3 Å². The third-order valence-electron chi connectivity index (χ3n) is 2.39. The molecular weight excluding hydrogens is 232 g/mol. The molecule has 0 saturated carbocycles. The van der Waals surface area contributed by atoms with Gasteiger partial charge in [0, 0.05) is 17.7 Å². The number of hydrogen-bond acceptors (Lipinski definition) is 4. The number of hydrogen-bond donors (Lipinski definition) is 1. The first-order valence-electron chi connectivity index (χ1n) is 5.51. The summed E-state index contributed by atoms with van der Waals surface area (Å²) in [6.07, 6.45) is 0.271. The monoisotopic (exact) mass is 248 g/mol. The van der Waals surface area contributed by atoms with Crippen LogP contribution in [0.3, 0.4) is 0 Å². The zero-order chi connectivity index (χ0) is 13.5. The molecule has 1 unspecified atom stereocenters. The number of ether oxygens (including phenoxy) is 2. The topological polar surface area (TPSA) is 71.3 Å². The van der Waals surface area contributed by atoms with Crippen LogP contribution in [0.25, 0.3) is 0 Å². The molecule has 1 aromatic carbocycles. The van der Waals surface area contributed by atoms with Gasteiger partial charge in [-0.2, -0.15) is 5.26 Å². The maximum Gasteiger partial charge on any atom is 0.251 e. The van der Waals surface area contributed by atoms with Gasteiger partial charge in [0.15, 0.2) is 0 Å². The zero-order valence-electron chi connectivity index (χ0n) is 10.7. The van der Waals surface area contributed by atoms with E-state index >= 15 is 0 Å². The second kappa shape index (κ2) is 6.50. The van der Waals surface area contributed by atoms with Crippen molar-refractivity contribution in [2.24, 2.45) is 0 Å². The maximum atomic E-state index is 11.9. The molecule has 96 valence electrons. The Morgan fingerprint density at radius 1 is 1.33 bits per heavy atom. The molecular formula is C13H16N2O3. The third kappa shape index (κ3) is 3.67. The highest BCUT2D eigenvalue weighted by atomic mass is 16.5. The molecule has 0 aliphatic heterocycles. The van der Waals surface area contributed by atoms with Gasteiger partial charge < -0.3 is 14.8 Å². The van der Waals surface area contributed by atoms with Crippen LogP contribution in [0.5, 0.6) is 11.5 Å². The summed E-state index contributed by atoms with van der Waals surface area (Å²) in [5, 5.41) is 11.3. The van der Waals surface area contributed by atoms with Gasteiger partial charge in [-0.15, -0.1) is 0 Å². The lowest BCUT2D eigenvalue weighted by molar-refractivity contribution is 0.0940. The number of rotatable bonds is 5. The Labute approximate surface area is 106 Å². The molecule has 0 fully saturated rings. The Morgan fingerprint density at radius 3 is 2.33 bits per heavy atom. The number of carbonyl (C=O) groups excluding carboxylic acids is 1. The molecule has 0 radical (unpaired) electrons. The summed E-state index contributed by atoms with van der Waals surface area (Å²) in [7, 11) is 3.05. The standard InChI is InChI=1S/C13H16N2O3/c1-9(4-5-14)15-13(16)10-6-11(17-2)8-12(7-10)18-3/h6-9H,4H2,1-3H3,(H,15,16). The Hall–Kier alpha value is -2.22. The first-order valence-corrected chi connectivity index (χ1v) is 5.51. The predicted molar refractivity (Wildman–Crippen MR) is 66.7 cm³/mol. The summed E-state index contributed by atoms with van der Waals surface area (Å²) in [4.78, 5) is 11.9. The second-order valence-corrected chi connectivity index (χ2v) is 3.84. The van der Waals surface area contributed by atoms with Crippen LogP contribution in [0.4, 0.5) is 0 Å². The van der Waals surface area contributed by atoms with Crippen LogP contribution >= 0.6 is 0 Å². The van der Waals surface area contributed by atoms with Crippen LogP contribution in [-0.4, -0.2) is 26.2 Å². The van der Waals surface area contributed by atoms with Crippen LogP contribution in [0, 0.1) is 11.3 Å². The highest BCUT2D eigenvalue weighted by Gasteiger charge is 2.12. The molecule has 1 aromatic rings. The van der Waals surface area contributed by atoms with E-state index in [0.717, 1.165) is 0 Å². The van der Waals surface area contributed by atoms with Crippen molar-refractivity contribution in [2.75, 3.05) is 14.2 Å². The smallest absolute Gasteiger partial charge is 0.251 e. The van der Waals surface area contributed by atoms with E-state index in [-0.39, 0.29) is 18.4 Å². The second-order valence-electron chi connectivity index (χ2n) is 3.84. The van der Waals surface area contributed by atoms with Crippen molar-refractivity contribution in [1.29, 1.82) is 5.26 Å². The summed E-state index contributed by atoms with van der Waals surface area (Å²) >= 11 is 0. The molecule has 1 rings (SSSR count). The van der Waals surface area contributed by atoms with E-state index in [1.807, 2.05) is 6.07 Å². The molecule has 0 bridgehead atoms. The lowest BCUT2D eigenvalue weighted by atomic mass is 10.1. The van der Waals surface area contributed by atoms with Crippen LogP contribution in [0.1, 0.15) is 23.7 Å². The van der Waals surface area contributed by atoms with E-state index < -0.39 is 0 Å². The van der Waals surface area contributed by atoms with Gasteiger partial charge in [-0.25, -0.2) is 0 Å². The maximum absolute atomic E-state index is 11.9. The SMILES string of the molecule is COc1cc(OC)cc(C(=O)NC(C)CC#N)c1. The molecule has 0 aliphatic carbocycles. The minimum atomic E-state index is -0.255. The van der Waals surface area contributed by atoms with Crippen molar-refractivity contribution in [2.45, 2.75) is 19.4 Å². The molecule has 1 atom stereocenters. The molecule has 0 aliphatic rings. The van der Waals surface area contributed by atoms with Crippen molar-refractivity contribution in [3.05, 3.63) is 23.8 Å². The molecule has 0 aromatic heterocycles. The van der Waals surface area contributed by atoms with Crippen molar-refractivity contribution in [1.82, 2.24) is 5.32 Å². The quantitative estimate of drug-likeness (QED) is 0.861. The van der Waals surface area contributed by atoms with Crippen LogP contribution < -0.4 is 14.8 Å². The Morgan fingerprint density at radius 2 is 1.89 bits per heavy atom. The van der Waals surface area contributed by atoms with E-state index in [1.165, 1.54) is 14.2 Å². The molecule has 5 nitrogen and oxygen atoms in total. The number of nitrogens with zero attached hydrogens (tertiary/aromatic N) is 1. The minimum absolute atomic E-state index is 0.195. The first kappa shape index (κ1) is 13.8. The lowest BCUT2D eigenvalue weighted by Gasteiger charge is -2.12. The van der Waals surface area contributed by atoms with Crippen LogP contribution in [0.15, 0.2) is 18.2 Å². The number of carbonyl (C=O) groups is 1. The summed E-state index contributed by atoms with van der Waals surface area (Å²) in [6, 6.07) is 6.74. The fourth-order valence-electron chi connectivity index (χ4n) is 1.43. The lowest BCUT2D eigenvalue weighted by Crippen LogP contribution is -2.32. The van der Waals surface area contributed by atoms with E-state index in [0.29, 0.717) is 17.1 Å². The first-order chi connectivity index (χ1) is 8.60. The Kier molecular flexibility index (Phi) is 5.00. The van der Waals surface area contributed by atoms with E-state index in [2.05, 4.69) is 5.32 Å². The van der Waals surface area contributed by atoms with E-state index in [1.54, 1.807) is 25.1 Å². The molecule has 1 amide bonds. The van der Waals surface area contributed by atoms with E-state index in [4.69, 9.17) is 14.7 Å². The minimum Gasteiger partial charge on any atom is -0.497 e. The molecule has 1 N–H and O–H groups in total. The molecule has 18 heavy (non-hydrogen) atoms. The summed E-state index contributed by atoms with van der Waals surface area (Å²) in [6.45, 7) is 1.78. The highest BCUT2D eigenvalue weighted by molar-refractivity contribution is 5.95. The van der Waals surface area contributed by atoms with Crippen LogP contribution in [0.2, 0.25) is 0 Å². The van der Waals surface area contributed by atoms with Crippen molar-refractivity contribution >= 4 is 5.91 Å². The van der Waals surface area contributed by atoms with Gasteiger partial charge in [0.25, 0.3) is 5.91 Å². The number of nitriles is 1. The summed E-state index contributed by atoms with van der Waals surface area (Å²) in [5.41, 5.74) is 0.441. The summed E-state index contributed by atoms with van der Waals surface area (Å²) < 4.78 is 10.2. The van der Waals surface area contributed by atoms with Gasteiger partial charge in [0.1, 0.15) is 11.5 Å². The highest BCUT2D eigenvalue weighted by Crippen LogP contribution is 2.22. The molecule has 0 heterocycles. The third-order valence-corrected chi connectivity index (χ3v) is 2.39. The fraction of sp³-hybridized carbons (Fsp3) is 0.385. The van der Waals surface area contributed by atoms with Crippen LogP contribution in [-0.2, 0) is 0 Å². The molecule has 0 saturated heterocycles. The fourth-order valence-corrected chi connectivity index (χ4v) is 1.43. The molecule has 5 heteroatoms. The van der Waals surface area contributed by atoms with Gasteiger partial charge in [-0.1, -0.05) is 0 Å². The van der Waals surface area contributed by atoms with E-state index in [9.17, 15) is 4.79 Å². The number of benzene rings is 1.